The predicted octanol–water partition coefficient (Wildman–Crippen LogP) is 0.0236. The summed E-state index contributed by atoms with van der Waals surface area (Å²) in [5.41, 5.74) is 0. The Morgan fingerprint density at radius 3 is 1.25 bits per heavy atom. The van der Waals surface area contributed by atoms with Crippen molar-refractivity contribution in [2.45, 2.75) is 0 Å². The van der Waals surface area contributed by atoms with Gasteiger partial charge in [0.05, 0.1) is 0 Å². The fourth-order valence-corrected chi connectivity index (χ4v) is 0. The molecule has 0 aromatic rings. The van der Waals surface area contributed by atoms with E-state index in [0.29, 0.717) is 0 Å². The topological polar surface area (TPSA) is 75.5 Å². The quantitative estimate of drug-likeness (QED) is 0.217. The average Bonchev–Trinajstić information content (AvgIpc) is 1.00. The summed E-state index contributed by atoms with van der Waals surface area (Å²) in [5, 5.41) is 12.0. The Balaban J connectivity index is -0.000000000833. The van der Waals surface area contributed by atoms with E-state index in [0.717, 1.165) is 0 Å². The molecule has 0 bridgehead atoms. The van der Waals surface area contributed by atoms with Crippen LogP contribution in [-0.4, -0.2) is 33.6 Å². The maximum Gasteiger partial charge on any atom is 2.00 e. The fourth-order valence-electron chi connectivity index (χ4n) is 0. The second kappa shape index (κ2) is 61.1. The SMILES string of the molecule is N.OO.[H-].[H-].[Mg+2]. The summed E-state index contributed by atoms with van der Waals surface area (Å²) < 4.78 is 0. The van der Waals surface area contributed by atoms with Crippen molar-refractivity contribution < 1.29 is 13.4 Å². The van der Waals surface area contributed by atoms with Gasteiger partial charge >= 0.3 is 23.1 Å². The minimum Gasteiger partial charge on any atom is -1.00 e. The third-order valence-corrected chi connectivity index (χ3v) is 0. The van der Waals surface area contributed by atoms with Crippen molar-refractivity contribution in [3.63, 3.8) is 0 Å². The zero-order valence-corrected chi connectivity index (χ0v) is 3.72. The van der Waals surface area contributed by atoms with Crippen LogP contribution in [0, 0.1) is 0 Å². The van der Waals surface area contributed by atoms with Crippen LogP contribution in [0.2, 0.25) is 0 Å². The molecule has 0 atom stereocenters. The Labute approximate surface area is 43.3 Å². The van der Waals surface area contributed by atoms with Gasteiger partial charge in [-0.05, 0) is 0 Å². The van der Waals surface area contributed by atoms with Crippen LogP contribution in [0.5, 0.6) is 0 Å². The van der Waals surface area contributed by atoms with Gasteiger partial charge in [0.25, 0.3) is 0 Å². The van der Waals surface area contributed by atoms with Crippen molar-refractivity contribution in [2.24, 2.45) is 0 Å². The molecule has 0 aliphatic rings. The third-order valence-electron chi connectivity index (χ3n) is 0. The van der Waals surface area contributed by atoms with Crippen LogP contribution in [0.1, 0.15) is 2.85 Å². The molecule has 5 N–H and O–H groups in total. The maximum atomic E-state index is 6.00. The Hall–Kier alpha value is 0.646. The summed E-state index contributed by atoms with van der Waals surface area (Å²) in [6.45, 7) is 0. The summed E-state index contributed by atoms with van der Waals surface area (Å²) >= 11 is 0. The minimum atomic E-state index is 0. The molecule has 0 heterocycles. The van der Waals surface area contributed by atoms with E-state index in [-0.39, 0.29) is 32.1 Å². The van der Waals surface area contributed by atoms with Crippen LogP contribution < -0.4 is 6.15 Å². The first kappa shape index (κ1) is 22.8. The summed E-state index contributed by atoms with van der Waals surface area (Å²) in [7, 11) is 0. The molecule has 4 heavy (non-hydrogen) atoms. The summed E-state index contributed by atoms with van der Waals surface area (Å²) in [6, 6.07) is 0. The van der Waals surface area contributed by atoms with E-state index in [1.54, 1.807) is 0 Å². The number of hydrogen-bond donors (Lipinski definition) is 3. The molecule has 0 unspecified atom stereocenters. The number of hydrogen-bond acceptors (Lipinski definition) is 3. The van der Waals surface area contributed by atoms with E-state index in [4.69, 9.17) is 10.5 Å². The van der Waals surface area contributed by atoms with Gasteiger partial charge in [0.2, 0.25) is 0 Å². The van der Waals surface area contributed by atoms with Crippen LogP contribution in [0.25, 0.3) is 0 Å². The van der Waals surface area contributed by atoms with Gasteiger partial charge in [0, 0.05) is 0 Å². The Bertz CT molecular complexity index is 11.5. The van der Waals surface area contributed by atoms with Crippen LogP contribution in [0.3, 0.4) is 0 Å². The zero-order chi connectivity index (χ0) is 2.00. The van der Waals surface area contributed by atoms with Gasteiger partial charge in [-0.15, -0.1) is 0 Å². The van der Waals surface area contributed by atoms with Crippen molar-refractivity contribution in [3.05, 3.63) is 0 Å². The van der Waals surface area contributed by atoms with Crippen molar-refractivity contribution in [1.29, 1.82) is 0 Å². The molecule has 0 aliphatic carbocycles. The van der Waals surface area contributed by atoms with Gasteiger partial charge in [-0.25, -0.2) is 0 Å². The van der Waals surface area contributed by atoms with Crippen molar-refractivity contribution in [2.75, 3.05) is 0 Å². The summed E-state index contributed by atoms with van der Waals surface area (Å²) in [5.74, 6) is 0. The molecule has 0 radical (unpaired) electrons. The largest absolute Gasteiger partial charge is 2.00 e. The molecule has 0 spiro atoms. The molecule has 0 fully saturated rings. The first-order chi connectivity index (χ1) is 1.00. The van der Waals surface area contributed by atoms with Gasteiger partial charge in [0.15, 0.2) is 0 Å². The normalized spacial score (nSPS) is 1.50. The molecule has 26 valence electrons. The van der Waals surface area contributed by atoms with E-state index in [1.807, 2.05) is 0 Å². The Kier molecular flexibility index (Phi) is 348. The summed E-state index contributed by atoms with van der Waals surface area (Å²) in [6.07, 6.45) is 0. The van der Waals surface area contributed by atoms with E-state index >= 15 is 0 Å². The standard InChI is InChI=1S/Mg.H3N.H2O2.2H/c;;1-2;;/h;1H3;1-2H;;/q+2;;;2*-1. The van der Waals surface area contributed by atoms with Gasteiger partial charge in [-0.3, -0.25) is 10.5 Å². The van der Waals surface area contributed by atoms with E-state index < -0.39 is 0 Å². The van der Waals surface area contributed by atoms with Crippen molar-refractivity contribution in [1.82, 2.24) is 6.15 Å². The first-order valence-corrected chi connectivity index (χ1v) is 0.200. The summed E-state index contributed by atoms with van der Waals surface area (Å²) in [4.78, 5) is 0. The Morgan fingerprint density at radius 2 is 1.25 bits per heavy atom. The van der Waals surface area contributed by atoms with Gasteiger partial charge in [-0.2, -0.15) is 0 Å². The molecule has 0 aromatic carbocycles. The van der Waals surface area contributed by atoms with Gasteiger partial charge in [-0.1, -0.05) is 0 Å². The van der Waals surface area contributed by atoms with E-state index in [2.05, 4.69) is 0 Å². The predicted molar refractivity (Wildman–Crippen MR) is 18.3 cm³/mol. The van der Waals surface area contributed by atoms with Crippen molar-refractivity contribution in [3.8, 4) is 0 Å². The van der Waals surface area contributed by atoms with Crippen LogP contribution >= 0.6 is 0 Å². The zero-order valence-electron chi connectivity index (χ0n) is 4.31. The number of rotatable bonds is 0. The van der Waals surface area contributed by atoms with E-state index in [1.165, 1.54) is 0 Å². The van der Waals surface area contributed by atoms with Crippen LogP contribution in [-0.2, 0) is 0 Å². The monoisotopic (exact) mass is 77.0 g/mol. The van der Waals surface area contributed by atoms with Crippen molar-refractivity contribution >= 4 is 23.1 Å². The molecule has 3 nitrogen and oxygen atoms in total. The molecule has 0 rings (SSSR count). The molecular weight excluding hydrogens is 70.3 g/mol. The van der Waals surface area contributed by atoms with Gasteiger partial charge < -0.3 is 9.00 Å². The second-order valence-corrected chi connectivity index (χ2v) is 0. The first-order valence-electron chi connectivity index (χ1n) is 0.200. The molecule has 0 saturated heterocycles. The molecule has 4 heteroatoms. The Morgan fingerprint density at radius 1 is 1.25 bits per heavy atom. The van der Waals surface area contributed by atoms with Crippen LogP contribution in [0.15, 0.2) is 0 Å². The maximum absolute atomic E-state index is 6.00. The minimum absolute atomic E-state index is 0. The third kappa shape index (κ3) is 17.2. The average molecular weight is 77.4 g/mol. The van der Waals surface area contributed by atoms with Crippen LogP contribution in [0.4, 0.5) is 0 Å². The van der Waals surface area contributed by atoms with E-state index in [9.17, 15) is 0 Å². The molecule has 0 aromatic heterocycles. The molecule has 0 amide bonds. The molecule has 0 saturated carbocycles. The molecular formula is H7MgNO2. The second-order valence-electron chi connectivity index (χ2n) is 0. The fraction of sp³-hybridized carbons (Fsp3) is 0. The molecule has 0 aliphatic heterocycles. The smallest absolute Gasteiger partial charge is 1.00 e. The van der Waals surface area contributed by atoms with Gasteiger partial charge in [0.1, 0.15) is 0 Å².